The number of rotatable bonds is 1. The number of carbonyl (C=O) groups excluding carboxylic acids is 1. The van der Waals surface area contributed by atoms with Crippen LogP contribution in [0, 0.1) is 0 Å². The molecular weight excluding hydrogens is 354 g/mol. The molecule has 4 heteroatoms. The van der Waals surface area contributed by atoms with E-state index >= 15 is 0 Å². The van der Waals surface area contributed by atoms with Gasteiger partial charge in [0.1, 0.15) is 0 Å². The molecule has 0 aliphatic rings. The van der Waals surface area contributed by atoms with E-state index in [4.69, 9.17) is 18.8 Å². The molecule has 0 fully saturated rings. The summed E-state index contributed by atoms with van der Waals surface area (Å²) in [5.74, 6) is 0.125. The Bertz CT molecular complexity index is 119. The van der Waals surface area contributed by atoms with Crippen LogP contribution in [0.5, 0.6) is 0 Å². The Morgan fingerprint density at radius 2 is 1.60 bits per heavy atom. The van der Waals surface area contributed by atoms with E-state index in [1.54, 1.807) is 13.0 Å². The zero-order valence-electron chi connectivity index (χ0n) is 6.06. The van der Waals surface area contributed by atoms with Crippen LogP contribution in [0.25, 0.3) is 0 Å². The number of halogens is 2. The molecule has 64 valence electrons. The predicted octanol–water partition coefficient (Wildman–Crippen LogP) is 2.92. The Labute approximate surface area is 78.2 Å². The Hall–Kier alpha value is 0.678. The third kappa shape index (κ3) is 23.4. The topological polar surface area (TPSA) is 17.1 Å². The first-order valence-corrected chi connectivity index (χ1v) is 8.15. The maximum absolute atomic E-state index is 10.2. The van der Waals surface area contributed by atoms with Gasteiger partial charge in [-0.3, -0.25) is 4.79 Å². The molecule has 0 aromatic carbocycles. The molecule has 0 radical (unpaired) electrons. The second kappa shape index (κ2) is 9.68. The van der Waals surface area contributed by atoms with Gasteiger partial charge in [-0.15, -0.1) is 0 Å². The van der Waals surface area contributed by atoms with Gasteiger partial charge in [0, 0.05) is 0 Å². The fraction of sp³-hybridized carbons (Fsp3) is 0.500. The second-order valence-electron chi connectivity index (χ2n) is 1.88. The average Bonchev–Trinajstić information content (AvgIpc) is 1.62. The van der Waals surface area contributed by atoms with Crippen molar-refractivity contribution >= 4 is 24.6 Å². The molecule has 0 aromatic heterocycles. The molecule has 0 aliphatic heterocycles. The van der Waals surface area contributed by atoms with Crippen molar-refractivity contribution in [2.24, 2.45) is 0 Å². The van der Waals surface area contributed by atoms with Gasteiger partial charge in [0.25, 0.3) is 0 Å². The third-order valence-corrected chi connectivity index (χ3v) is 0.492. The van der Waals surface area contributed by atoms with Crippen LogP contribution in [0.3, 0.4) is 0 Å². The van der Waals surface area contributed by atoms with E-state index in [-0.39, 0.29) is 5.78 Å². The van der Waals surface area contributed by atoms with E-state index in [1.807, 2.05) is 13.8 Å². The van der Waals surface area contributed by atoms with Gasteiger partial charge >= 0.3 is 35.3 Å². The van der Waals surface area contributed by atoms with Crippen molar-refractivity contribution in [2.75, 3.05) is 0 Å². The second-order valence-corrected chi connectivity index (χ2v) is 5.16. The normalized spacial score (nSPS) is 7.70. The van der Waals surface area contributed by atoms with Gasteiger partial charge in [-0.05, 0) is 26.8 Å². The zero-order chi connectivity index (χ0) is 8.57. The number of hydrogen-bond acceptors (Lipinski definition) is 1. The van der Waals surface area contributed by atoms with E-state index in [9.17, 15) is 4.79 Å². The van der Waals surface area contributed by atoms with Crippen molar-refractivity contribution in [2.45, 2.75) is 20.8 Å². The summed E-state index contributed by atoms with van der Waals surface area (Å²) in [4.78, 5) is 10.2. The Morgan fingerprint density at radius 1 is 1.30 bits per heavy atom. The summed E-state index contributed by atoms with van der Waals surface area (Å²) in [6.45, 7) is 5.36. The van der Waals surface area contributed by atoms with Crippen LogP contribution in [0.4, 0.5) is 0 Å². The first kappa shape index (κ1) is 13.3. The van der Waals surface area contributed by atoms with E-state index in [0.717, 1.165) is 5.57 Å². The van der Waals surface area contributed by atoms with Gasteiger partial charge in [0.15, 0.2) is 5.78 Å². The Balaban J connectivity index is 0. The first-order chi connectivity index (χ1) is 4.54. The molecule has 0 amide bonds. The van der Waals surface area contributed by atoms with Crippen molar-refractivity contribution in [3.8, 4) is 0 Å². The van der Waals surface area contributed by atoms with E-state index in [1.165, 1.54) is 0 Å². The summed E-state index contributed by atoms with van der Waals surface area (Å²) in [6.07, 6.45) is 1.61. The van der Waals surface area contributed by atoms with Crippen molar-refractivity contribution in [1.82, 2.24) is 0 Å². The van der Waals surface area contributed by atoms with Crippen molar-refractivity contribution in [3.63, 3.8) is 0 Å². The Kier molecular flexibility index (Phi) is 12.9. The molecule has 1 nitrogen and oxygen atoms in total. The zero-order valence-corrected chi connectivity index (χ0v) is 9.84. The van der Waals surface area contributed by atoms with Crippen LogP contribution in [0.1, 0.15) is 20.8 Å². The SMILES string of the molecule is CC(=O)C=C(C)C.[Cl][Pt][Cl]. The molecule has 0 atom stereocenters. The molecule has 0 bridgehead atoms. The average molecular weight is 364 g/mol. The minimum absolute atomic E-state index is 0.125. The first-order valence-electron chi connectivity index (χ1n) is 2.52. The standard InChI is InChI=1S/C6H10O.2ClH.Pt/c1-5(2)4-6(3)7;;;/h4H,1-3H3;2*1H;/q;;;+2/p-2. The van der Waals surface area contributed by atoms with E-state index < -0.39 is 16.5 Å². The molecule has 0 N–H and O–H groups in total. The number of carbonyl (C=O) groups is 1. The van der Waals surface area contributed by atoms with Crippen LogP contribution in [-0.2, 0) is 21.3 Å². The van der Waals surface area contributed by atoms with Gasteiger partial charge in [-0.2, -0.15) is 0 Å². The fourth-order valence-corrected chi connectivity index (χ4v) is 0.407. The summed E-state index contributed by atoms with van der Waals surface area (Å²) < 4.78 is 0. The molecule has 0 saturated heterocycles. The van der Waals surface area contributed by atoms with Gasteiger partial charge in [-0.25, -0.2) is 0 Å². The van der Waals surface area contributed by atoms with Crippen LogP contribution >= 0.6 is 18.8 Å². The van der Waals surface area contributed by atoms with Crippen molar-refractivity contribution in [3.05, 3.63) is 11.6 Å². The summed E-state index contributed by atoms with van der Waals surface area (Å²) in [5.41, 5.74) is 1.06. The molecule has 10 heavy (non-hydrogen) atoms. The molecule has 0 spiro atoms. The van der Waals surface area contributed by atoms with Crippen LogP contribution in [0.2, 0.25) is 0 Å². The molecule has 0 aromatic rings. The molecule has 0 aliphatic carbocycles. The van der Waals surface area contributed by atoms with Crippen molar-refractivity contribution < 1.29 is 21.3 Å². The predicted molar refractivity (Wildman–Crippen MR) is 41.8 cm³/mol. The summed E-state index contributed by atoms with van der Waals surface area (Å²) >= 11 is -0.472. The van der Waals surface area contributed by atoms with Gasteiger partial charge in [-0.1, -0.05) is 5.57 Å². The monoisotopic (exact) mass is 363 g/mol. The fourth-order valence-electron chi connectivity index (χ4n) is 0.407. The van der Waals surface area contributed by atoms with E-state index in [0.29, 0.717) is 0 Å². The summed E-state index contributed by atoms with van der Waals surface area (Å²) in [5, 5.41) is 0. The molecule has 0 rings (SSSR count). The van der Waals surface area contributed by atoms with Crippen molar-refractivity contribution in [1.29, 1.82) is 0 Å². The van der Waals surface area contributed by atoms with Crippen LogP contribution < -0.4 is 0 Å². The van der Waals surface area contributed by atoms with Crippen LogP contribution in [0.15, 0.2) is 11.6 Å². The van der Waals surface area contributed by atoms with E-state index in [2.05, 4.69) is 0 Å². The maximum atomic E-state index is 10.2. The quantitative estimate of drug-likeness (QED) is 0.654. The number of hydrogen-bond donors (Lipinski definition) is 0. The summed E-state index contributed by atoms with van der Waals surface area (Å²) in [7, 11) is 9.75. The summed E-state index contributed by atoms with van der Waals surface area (Å²) in [6, 6.07) is 0. The molecule has 0 unspecified atom stereocenters. The van der Waals surface area contributed by atoms with Gasteiger partial charge in [0.2, 0.25) is 0 Å². The molecular formula is C6H10Cl2OPt. The number of ketones is 1. The number of allylic oxidation sites excluding steroid dienone is 2. The molecule has 0 heterocycles. The van der Waals surface area contributed by atoms with Gasteiger partial charge < -0.3 is 0 Å². The molecule has 0 saturated carbocycles. The Morgan fingerprint density at radius 3 is 1.60 bits per heavy atom. The van der Waals surface area contributed by atoms with Gasteiger partial charge in [0.05, 0.1) is 0 Å². The third-order valence-electron chi connectivity index (χ3n) is 0.492. The minimum atomic E-state index is -0.472. The van der Waals surface area contributed by atoms with Crippen LogP contribution in [-0.4, -0.2) is 5.78 Å².